The van der Waals surface area contributed by atoms with Crippen LogP contribution in [0.1, 0.15) is 23.8 Å². The second-order valence-electron chi connectivity index (χ2n) is 4.13. The van der Waals surface area contributed by atoms with E-state index in [4.69, 9.17) is 0 Å². The molecule has 2 heterocycles. The zero-order chi connectivity index (χ0) is 14.0. The van der Waals surface area contributed by atoms with Crippen molar-refractivity contribution in [3.63, 3.8) is 0 Å². The second-order valence-corrected chi connectivity index (χ2v) is 5.05. The molecule has 1 atom stereocenters. The van der Waals surface area contributed by atoms with Gasteiger partial charge >= 0.3 is 0 Å². The Labute approximate surface area is 118 Å². The molecule has 0 radical (unpaired) electrons. The number of aromatic nitrogens is 1. The van der Waals surface area contributed by atoms with Crippen LogP contribution in [0.2, 0.25) is 0 Å². The molecule has 1 aliphatic heterocycles. The number of pyridine rings is 1. The van der Waals surface area contributed by atoms with Crippen molar-refractivity contribution in [2.24, 2.45) is 0 Å². The highest BCUT2D eigenvalue weighted by molar-refractivity contribution is 9.10. The molecule has 1 aromatic heterocycles. The summed E-state index contributed by atoms with van der Waals surface area (Å²) in [5.41, 5.74) is 0.212. The first-order valence-electron chi connectivity index (χ1n) is 5.79. The molecule has 100 valence electrons. The van der Waals surface area contributed by atoms with Crippen molar-refractivity contribution in [3.8, 4) is 0 Å². The summed E-state index contributed by atoms with van der Waals surface area (Å²) in [6.45, 7) is 1.66. The molecule has 1 N–H and O–H groups in total. The van der Waals surface area contributed by atoms with Crippen LogP contribution in [0, 0.1) is 0 Å². The number of nitrogens with zero attached hydrogens (tertiary/aromatic N) is 2. The third-order valence-electron chi connectivity index (χ3n) is 2.85. The van der Waals surface area contributed by atoms with Crippen LogP contribution in [-0.4, -0.2) is 40.2 Å². The molecule has 1 unspecified atom stereocenters. The fourth-order valence-corrected chi connectivity index (χ4v) is 2.17. The van der Waals surface area contributed by atoms with E-state index in [1.165, 1.54) is 11.1 Å². The fraction of sp³-hybridized carbons (Fsp3) is 0.333. The van der Waals surface area contributed by atoms with Crippen LogP contribution in [0.25, 0.3) is 0 Å². The molecule has 19 heavy (non-hydrogen) atoms. The van der Waals surface area contributed by atoms with Crippen molar-refractivity contribution < 1.29 is 14.4 Å². The van der Waals surface area contributed by atoms with E-state index >= 15 is 0 Å². The van der Waals surface area contributed by atoms with Crippen molar-refractivity contribution >= 4 is 33.7 Å². The Morgan fingerprint density at radius 2 is 2.26 bits per heavy atom. The molecule has 6 nitrogen and oxygen atoms in total. The first-order valence-corrected chi connectivity index (χ1v) is 6.58. The Bertz CT molecular complexity index is 530. The number of carbonyl (C=O) groups is 3. The van der Waals surface area contributed by atoms with E-state index in [1.54, 1.807) is 19.1 Å². The molecular formula is C12H12BrN3O3. The first-order chi connectivity index (χ1) is 9.02. The van der Waals surface area contributed by atoms with E-state index in [1.807, 2.05) is 0 Å². The van der Waals surface area contributed by atoms with E-state index < -0.39 is 23.8 Å². The lowest BCUT2D eigenvalue weighted by atomic mass is 10.1. The first kappa shape index (κ1) is 13.7. The van der Waals surface area contributed by atoms with Gasteiger partial charge < -0.3 is 4.90 Å². The summed E-state index contributed by atoms with van der Waals surface area (Å²) < 4.78 is 0.753. The van der Waals surface area contributed by atoms with Crippen molar-refractivity contribution in [2.45, 2.75) is 19.4 Å². The van der Waals surface area contributed by atoms with E-state index in [9.17, 15) is 14.4 Å². The molecular weight excluding hydrogens is 314 g/mol. The van der Waals surface area contributed by atoms with Crippen LogP contribution in [0.4, 0.5) is 0 Å². The molecule has 0 aliphatic carbocycles. The molecule has 0 aromatic carbocycles. The SMILES string of the molecule is CCC1C(=O)NC(=O)CN1C(=O)c1ccc(Br)cn1. The quantitative estimate of drug-likeness (QED) is 0.813. The summed E-state index contributed by atoms with van der Waals surface area (Å²) in [5.74, 6) is -1.33. The Kier molecular flexibility index (Phi) is 3.94. The van der Waals surface area contributed by atoms with Crippen molar-refractivity contribution in [3.05, 3.63) is 28.5 Å². The zero-order valence-corrected chi connectivity index (χ0v) is 11.8. The molecule has 3 amide bonds. The maximum Gasteiger partial charge on any atom is 0.273 e. The van der Waals surface area contributed by atoms with Gasteiger partial charge in [-0.15, -0.1) is 0 Å². The van der Waals surface area contributed by atoms with E-state index in [-0.39, 0.29) is 12.2 Å². The van der Waals surface area contributed by atoms with Crippen LogP contribution in [0.15, 0.2) is 22.8 Å². The van der Waals surface area contributed by atoms with Crippen LogP contribution in [0.3, 0.4) is 0 Å². The van der Waals surface area contributed by atoms with Crippen LogP contribution < -0.4 is 5.32 Å². The molecule has 1 aliphatic rings. The van der Waals surface area contributed by atoms with Crippen LogP contribution >= 0.6 is 15.9 Å². The van der Waals surface area contributed by atoms with Gasteiger partial charge in [0.05, 0.1) is 0 Å². The van der Waals surface area contributed by atoms with Gasteiger partial charge in [-0.3, -0.25) is 19.7 Å². The Balaban J connectivity index is 2.27. The third-order valence-corrected chi connectivity index (χ3v) is 3.32. The number of amides is 3. The summed E-state index contributed by atoms with van der Waals surface area (Å²) in [5, 5.41) is 2.23. The van der Waals surface area contributed by atoms with Gasteiger partial charge in [-0.05, 0) is 34.5 Å². The molecule has 1 saturated heterocycles. The number of hydrogen-bond acceptors (Lipinski definition) is 4. The van der Waals surface area contributed by atoms with Crippen molar-refractivity contribution in [2.75, 3.05) is 6.54 Å². The van der Waals surface area contributed by atoms with E-state index in [2.05, 4.69) is 26.2 Å². The van der Waals surface area contributed by atoms with Gasteiger partial charge in [0.1, 0.15) is 18.3 Å². The lowest BCUT2D eigenvalue weighted by Gasteiger charge is -2.33. The van der Waals surface area contributed by atoms with Crippen LogP contribution in [0.5, 0.6) is 0 Å². The summed E-state index contributed by atoms with van der Waals surface area (Å²) in [6, 6.07) is 2.61. The molecule has 0 bridgehead atoms. The molecule has 1 aromatic rings. The summed E-state index contributed by atoms with van der Waals surface area (Å²) in [6.07, 6.45) is 1.95. The van der Waals surface area contributed by atoms with Gasteiger partial charge in [-0.25, -0.2) is 4.98 Å². The molecule has 7 heteroatoms. The van der Waals surface area contributed by atoms with Gasteiger partial charge in [-0.2, -0.15) is 0 Å². The van der Waals surface area contributed by atoms with Gasteiger partial charge in [0.2, 0.25) is 11.8 Å². The number of rotatable bonds is 2. The molecule has 1 fully saturated rings. The maximum absolute atomic E-state index is 12.3. The summed E-state index contributed by atoms with van der Waals surface area (Å²) in [4.78, 5) is 40.6. The smallest absolute Gasteiger partial charge is 0.273 e. The minimum Gasteiger partial charge on any atom is -0.316 e. The number of nitrogens with one attached hydrogen (secondary N) is 1. The maximum atomic E-state index is 12.3. The summed E-state index contributed by atoms with van der Waals surface area (Å²) >= 11 is 3.23. The minimum atomic E-state index is -0.629. The highest BCUT2D eigenvalue weighted by Gasteiger charge is 2.36. The van der Waals surface area contributed by atoms with Crippen molar-refractivity contribution in [1.29, 1.82) is 0 Å². The standard InChI is InChI=1S/C12H12BrN3O3/c1-2-9-11(18)15-10(17)6-16(9)12(19)8-4-3-7(13)5-14-8/h3-5,9H,2,6H2,1H3,(H,15,17,18). The predicted molar refractivity (Wildman–Crippen MR) is 70.2 cm³/mol. The Hall–Kier alpha value is -1.76. The number of carbonyl (C=O) groups excluding carboxylic acids is 3. The van der Waals surface area contributed by atoms with Gasteiger partial charge in [0.15, 0.2) is 0 Å². The Morgan fingerprint density at radius 1 is 1.53 bits per heavy atom. The van der Waals surface area contributed by atoms with Gasteiger partial charge in [0.25, 0.3) is 5.91 Å². The van der Waals surface area contributed by atoms with Crippen molar-refractivity contribution in [1.82, 2.24) is 15.2 Å². The highest BCUT2D eigenvalue weighted by atomic mass is 79.9. The normalized spacial score (nSPS) is 19.3. The van der Waals surface area contributed by atoms with E-state index in [0.717, 1.165) is 4.47 Å². The molecule has 0 saturated carbocycles. The average Bonchev–Trinajstić information content (AvgIpc) is 2.38. The fourth-order valence-electron chi connectivity index (χ4n) is 1.94. The number of hydrogen-bond donors (Lipinski definition) is 1. The van der Waals surface area contributed by atoms with Gasteiger partial charge in [-0.1, -0.05) is 6.92 Å². The second kappa shape index (κ2) is 5.48. The molecule has 2 rings (SSSR count). The predicted octanol–water partition coefficient (Wildman–Crippen LogP) is 0.721. The van der Waals surface area contributed by atoms with Crippen LogP contribution in [-0.2, 0) is 9.59 Å². The largest absolute Gasteiger partial charge is 0.316 e. The topological polar surface area (TPSA) is 79.4 Å². The van der Waals surface area contributed by atoms with E-state index in [0.29, 0.717) is 6.42 Å². The number of piperazine rings is 1. The molecule has 0 spiro atoms. The number of imide groups is 1. The highest BCUT2D eigenvalue weighted by Crippen LogP contribution is 2.14. The minimum absolute atomic E-state index is 0.124. The Morgan fingerprint density at radius 3 is 2.84 bits per heavy atom. The third kappa shape index (κ3) is 2.81. The monoisotopic (exact) mass is 325 g/mol. The lowest BCUT2D eigenvalue weighted by molar-refractivity contribution is -0.138. The zero-order valence-electron chi connectivity index (χ0n) is 10.2. The summed E-state index contributed by atoms with van der Waals surface area (Å²) in [7, 11) is 0. The average molecular weight is 326 g/mol. The van der Waals surface area contributed by atoms with Gasteiger partial charge in [0, 0.05) is 10.7 Å². The lowest BCUT2D eigenvalue weighted by Crippen LogP contribution is -2.59. The number of halogens is 1.